The molecular weight excluding hydrogens is 1060 g/mol. The fourth-order valence-electron chi connectivity index (χ4n) is 12.9. The van der Waals surface area contributed by atoms with Crippen LogP contribution >= 0.6 is 0 Å². The minimum atomic E-state index is 0.630. The van der Waals surface area contributed by atoms with Gasteiger partial charge in [0.2, 0.25) is 0 Å². The van der Waals surface area contributed by atoms with Gasteiger partial charge >= 0.3 is 0 Å². The molecule has 0 fully saturated rings. The molecule has 87 heavy (non-hydrogen) atoms. The van der Waals surface area contributed by atoms with Crippen LogP contribution in [-0.2, 0) is 19.6 Å². The summed E-state index contributed by atoms with van der Waals surface area (Å²) in [5.74, 6) is 1.89. The van der Waals surface area contributed by atoms with E-state index >= 15 is 0 Å². The van der Waals surface area contributed by atoms with Crippen molar-refractivity contribution in [2.75, 3.05) is 0 Å². The van der Waals surface area contributed by atoms with Crippen molar-refractivity contribution in [1.82, 2.24) is 28.7 Å². The fourth-order valence-corrected chi connectivity index (χ4v) is 12.9. The van der Waals surface area contributed by atoms with E-state index in [0.29, 0.717) is 17.5 Å². The van der Waals surface area contributed by atoms with Gasteiger partial charge < -0.3 is 13.7 Å². The van der Waals surface area contributed by atoms with E-state index in [9.17, 15) is 0 Å². The lowest BCUT2D eigenvalue weighted by molar-refractivity contribution is 0.602. The van der Waals surface area contributed by atoms with Gasteiger partial charge in [0.25, 0.3) is 0 Å². The van der Waals surface area contributed by atoms with Crippen molar-refractivity contribution < 1.29 is 0 Å². The number of aryl methyl sites for hydroxylation is 3. The Kier molecular flexibility index (Phi) is 17.3. The lowest BCUT2D eigenvalue weighted by atomic mass is 10.1. The molecule has 9 aromatic carbocycles. The Morgan fingerprint density at radius 3 is 0.793 bits per heavy atom. The van der Waals surface area contributed by atoms with E-state index < -0.39 is 0 Å². The maximum absolute atomic E-state index is 5.18. The van der Waals surface area contributed by atoms with E-state index in [-0.39, 0.29) is 0 Å². The second kappa shape index (κ2) is 26.5. The molecule has 432 valence electrons. The van der Waals surface area contributed by atoms with E-state index in [0.717, 1.165) is 53.0 Å². The normalized spacial score (nSPS) is 12.2. The zero-order valence-electron chi connectivity index (χ0n) is 50.8. The third kappa shape index (κ3) is 12.4. The molecule has 6 nitrogen and oxygen atoms in total. The molecule has 13 rings (SSSR count). The highest BCUT2D eigenvalue weighted by molar-refractivity contribution is 6.11. The van der Waals surface area contributed by atoms with Gasteiger partial charge in [-0.2, -0.15) is 0 Å². The molecule has 0 amide bonds. The van der Waals surface area contributed by atoms with Crippen molar-refractivity contribution in [3.63, 3.8) is 0 Å². The molecule has 4 aromatic heterocycles. The smallest absolute Gasteiger partial charge is 0.164 e. The second-order valence-corrected chi connectivity index (χ2v) is 23.7. The standard InChI is InChI=1S/C81H78N6/c1-4-7-10-19-52-85-73-25-16-13-22-67(73)70-55-61(40-49-76(70)85)31-28-58-34-43-64(44-35-58)79-82-80(65-45-36-59(37-46-65)29-32-62-41-50-77-71(56-62)68-23-14-17-26-74(68)86(77)53-20-11-8-5-2)84-81(83-79)66-47-38-60(39-48-66)30-33-63-42-51-78-72(57-63)69-24-15-18-27-75(69)87(78)54-21-12-9-6-3/h13-18,22-51,55-57H,4-12,19-21,52-54H2,1-3H3/b31-28+,32-29+,33-30+. The Morgan fingerprint density at radius 2 is 0.506 bits per heavy atom. The maximum atomic E-state index is 5.18. The van der Waals surface area contributed by atoms with Gasteiger partial charge in [0, 0.05) is 102 Å². The third-order valence-electron chi connectivity index (χ3n) is 17.6. The van der Waals surface area contributed by atoms with Crippen LogP contribution in [0.4, 0.5) is 0 Å². The van der Waals surface area contributed by atoms with Crippen LogP contribution < -0.4 is 0 Å². The summed E-state index contributed by atoms with van der Waals surface area (Å²) < 4.78 is 7.54. The van der Waals surface area contributed by atoms with E-state index in [2.05, 4.69) is 271 Å². The van der Waals surface area contributed by atoms with Crippen LogP contribution in [0.1, 0.15) is 131 Å². The molecule has 0 saturated carbocycles. The van der Waals surface area contributed by atoms with Crippen molar-refractivity contribution in [3.05, 3.63) is 234 Å². The van der Waals surface area contributed by atoms with E-state index in [4.69, 9.17) is 15.0 Å². The molecule has 6 heteroatoms. The Labute approximate surface area is 512 Å². The van der Waals surface area contributed by atoms with Crippen molar-refractivity contribution >= 4 is 102 Å². The number of hydrogen-bond acceptors (Lipinski definition) is 3. The van der Waals surface area contributed by atoms with Gasteiger partial charge in [-0.05, 0) is 107 Å². The highest BCUT2D eigenvalue weighted by atomic mass is 15.0. The van der Waals surface area contributed by atoms with Crippen LogP contribution in [0.15, 0.2) is 200 Å². The molecule has 4 heterocycles. The molecule has 0 atom stereocenters. The number of aromatic nitrogens is 6. The Morgan fingerprint density at radius 1 is 0.253 bits per heavy atom. The molecule has 0 spiro atoms. The lowest BCUT2D eigenvalue weighted by Gasteiger charge is -2.09. The molecule has 13 aromatic rings. The number of unbranched alkanes of at least 4 members (excludes halogenated alkanes) is 9. The summed E-state index contributed by atoms with van der Waals surface area (Å²) in [6, 6.07) is 73.0. The first-order valence-corrected chi connectivity index (χ1v) is 32.1. The molecule has 0 bridgehead atoms. The highest BCUT2D eigenvalue weighted by Gasteiger charge is 2.16. The van der Waals surface area contributed by atoms with Crippen LogP contribution in [0.3, 0.4) is 0 Å². The molecule has 0 radical (unpaired) electrons. The summed E-state index contributed by atoms with van der Waals surface area (Å²) in [5.41, 5.74) is 17.5. The minimum Gasteiger partial charge on any atom is -0.340 e. The molecule has 0 aliphatic rings. The fraction of sp³-hybridized carbons (Fsp3) is 0.222. The van der Waals surface area contributed by atoms with Gasteiger partial charge in [0.15, 0.2) is 17.5 Å². The quantitative estimate of drug-likeness (QED) is 0.0447. The topological polar surface area (TPSA) is 53.5 Å². The number of rotatable bonds is 24. The highest BCUT2D eigenvalue weighted by Crippen LogP contribution is 2.35. The molecule has 0 saturated heterocycles. The van der Waals surface area contributed by atoms with Crippen LogP contribution in [0.25, 0.3) is 136 Å². The predicted octanol–water partition coefficient (Wildman–Crippen LogP) is 22.4. The molecule has 0 N–H and O–H groups in total. The van der Waals surface area contributed by atoms with Gasteiger partial charge in [0.05, 0.1) is 0 Å². The lowest BCUT2D eigenvalue weighted by Crippen LogP contribution is -2.00. The zero-order valence-corrected chi connectivity index (χ0v) is 50.8. The third-order valence-corrected chi connectivity index (χ3v) is 17.6. The van der Waals surface area contributed by atoms with Crippen LogP contribution in [0, 0.1) is 0 Å². The summed E-state index contributed by atoms with van der Waals surface area (Å²) in [6.07, 6.45) is 28.2. The van der Waals surface area contributed by atoms with Crippen molar-refractivity contribution in [1.29, 1.82) is 0 Å². The summed E-state index contributed by atoms with van der Waals surface area (Å²) in [7, 11) is 0. The van der Waals surface area contributed by atoms with Gasteiger partial charge in [0.1, 0.15) is 0 Å². The number of nitrogens with zero attached hydrogens (tertiary/aromatic N) is 6. The predicted molar refractivity (Wildman–Crippen MR) is 374 cm³/mol. The monoisotopic (exact) mass is 1130 g/mol. The first-order chi connectivity index (χ1) is 43.0. The summed E-state index contributed by atoms with van der Waals surface area (Å²) in [5, 5.41) is 7.86. The van der Waals surface area contributed by atoms with Crippen LogP contribution in [0.2, 0.25) is 0 Å². The van der Waals surface area contributed by atoms with Crippen molar-refractivity contribution in [3.8, 4) is 34.2 Å². The molecule has 0 aliphatic heterocycles. The SMILES string of the molecule is CCCCCCn1c2ccccc2c2cc(/C=C/c3ccc(-c4nc(-c5ccc(/C=C/c6ccc7c(c6)c6ccccc6n7CCCCCC)cc5)nc(-c5ccc(/C=C/c6ccc7c(c6)c6ccccc6n7CCCCCC)cc5)n4)cc3)ccc21. The van der Waals surface area contributed by atoms with Crippen LogP contribution in [0.5, 0.6) is 0 Å². The average molecular weight is 1140 g/mol. The maximum Gasteiger partial charge on any atom is 0.164 e. The van der Waals surface area contributed by atoms with Gasteiger partial charge in [-0.15, -0.1) is 0 Å². The number of benzene rings is 9. The van der Waals surface area contributed by atoms with Crippen molar-refractivity contribution in [2.45, 2.75) is 117 Å². The molecular formula is C81H78N6. The Bertz CT molecular complexity index is 4140. The molecule has 0 unspecified atom stereocenters. The second-order valence-electron chi connectivity index (χ2n) is 23.7. The summed E-state index contributed by atoms with van der Waals surface area (Å²) in [4.78, 5) is 15.5. The van der Waals surface area contributed by atoms with Gasteiger partial charge in [-0.3, -0.25) is 0 Å². The minimum absolute atomic E-state index is 0.630. The van der Waals surface area contributed by atoms with E-state index in [1.165, 1.54) is 159 Å². The first kappa shape index (κ1) is 56.7. The Balaban J connectivity index is 0.775. The summed E-state index contributed by atoms with van der Waals surface area (Å²) >= 11 is 0. The number of para-hydroxylation sites is 3. The zero-order chi connectivity index (χ0) is 58.9. The van der Waals surface area contributed by atoms with E-state index in [1.807, 2.05) is 0 Å². The summed E-state index contributed by atoms with van der Waals surface area (Å²) in [6.45, 7) is 9.96. The van der Waals surface area contributed by atoms with E-state index in [1.54, 1.807) is 0 Å². The molecule has 0 aliphatic carbocycles. The first-order valence-electron chi connectivity index (χ1n) is 32.1. The van der Waals surface area contributed by atoms with Crippen molar-refractivity contribution in [2.24, 2.45) is 0 Å². The number of fused-ring (bicyclic) bond motifs is 9. The Hall–Kier alpha value is -9.39. The number of hydrogen-bond donors (Lipinski definition) is 0. The average Bonchev–Trinajstić information content (AvgIpc) is 2.14. The largest absolute Gasteiger partial charge is 0.340 e. The van der Waals surface area contributed by atoms with Gasteiger partial charge in [-0.1, -0.05) is 261 Å². The van der Waals surface area contributed by atoms with Gasteiger partial charge in [-0.25, -0.2) is 15.0 Å². The van der Waals surface area contributed by atoms with Crippen LogP contribution in [-0.4, -0.2) is 28.7 Å².